The molecule has 4 aromatic rings. The minimum absolute atomic E-state index is 0.0281. The van der Waals surface area contributed by atoms with E-state index in [1.807, 2.05) is 13.0 Å². The third-order valence-corrected chi connectivity index (χ3v) is 8.31. The van der Waals surface area contributed by atoms with Gasteiger partial charge in [-0.2, -0.15) is 0 Å². The molecule has 4 rings (SSSR count). The lowest BCUT2D eigenvalue weighted by atomic mass is 10.0. The SMILES string of the molecule is CCc1cc(C(=O)c2ccccc2Cl)c(-n2c(C)nnc2C(CCC(=O)O)NC(=O)c2ccc(Cl)c(Cl)c2)s1. The molecule has 2 heterocycles. The average Bonchev–Trinajstić information content (AvgIpc) is 3.50. The lowest BCUT2D eigenvalue weighted by Gasteiger charge is -2.19. The molecule has 1 atom stereocenters. The fraction of sp³-hybridized carbons (Fsp3) is 0.222. The first-order valence-electron chi connectivity index (χ1n) is 11.9. The quantitative estimate of drug-likeness (QED) is 0.194. The number of rotatable bonds is 10. The predicted octanol–water partition coefficient (Wildman–Crippen LogP) is 6.73. The molecule has 0 spiro atoms. The van der Waals surface area contributed by atoms with Gasteiger partial charge in [-0.15, -0.1) is 21.5 Å². The van der Waals surface area contributed by atoms with Crippen molar-refractivity contribution in [3.63, 3.8) is 0 Å². The number of benzene rings is 2. The normalized spacial score (nSPS) is 11.8. The van der Waals surface area contributed by atoms with E-state index in [4.69, 9.17) is 34.8 Å². The third-order valence-electron chi connectivity index (χ3n) is 5.97. The summed E-state index contributed by atoms with van der Waals surface area (Å²) in [5, 5.41) is 22.1. The maximum Gasteiger partial charge on any atom is 0.303 e. The fourth-order valence-electron chi connectivity index (χ4n) is 3.99. The summed E-state index contributed by atoms with van der Waals surface area (Å²) in [5.74, 6) is -1.05. The van der Waals surface area contributed by atoms with Crippen LogP contribution >= 0.6 is 46.1 Å². The minimum Gasteiger partial charge on any atom is -0.481 e. The van der Waals surface area contributed by atoms with Gasteiger partial charge in [0.05, 0.1) is 26.7 Å². The van der Waals surface area contributed by atoms with Gasteiger partial charge in [0, 0.05) is 22.4 Å². The number of carbonyl (C=O) groups excluding carboxylic acids is 2. The topological polar surface area (TPSA) is 114 Å². The summed E-state index contributed by atoms with van der Waals surface area (Å²) in [4.78, 5) is 39.2. The van der Waals surface area contributed by atoms with Crippen molar-refractivity contribution in [1.29, 1.82) is 0 Å². The van der Waals surface area contributed by atoms with E-state index in [0.29, 0.717) is 44.2 Å². The summed E-state index contributed by atoms with van der Waals surface area (Å²) >= 11 is 19.8. The molecule has 0 bridgehead atoms. The van der Waals surface area contributed by atoms with Crippen LogP contribution in [-0.4, -0.2) is 37.5 Å². The van der Waals surface area contributed by atoms with Crippen LogP contribution < -0.4 is 5.32 Å². The number of nitrogens with zero attached hydrogens (tertiary/aromatic N) is 3. The van der Waals surface area contributed by atoms with Crippen molar-refractivity contribution in [1.82, 2.24) is 20.1 Å². The number of aliphatic carboxylic acids is 1. The molecule has 39 heavy (non-hydrogen) atoms. The van der Waals surface area contributed by atoms with Crippen LogP contribution in [0.15, 0.2) is 48.5 Å². The van der Waals surface area contributed by atoms with E-state index in [9.17, 15) is 19.5 Å². The largest absolute Gasteiger partial charge is 0.481 e. The van der Waals surface area contributed by atoms with Crippen LogP contribution in [-0.2, 0) is 11.2 Å². The van der Waals surface area contributed by atoms with Crippen molar-refractivity contribution in [2.45, 2.75) is 39.2 Å². The molecule has 2 aromatic carbocycles. The summed E-state index contributed by atoms with van der Waals surface area (Å²) < 4.78 is 1.69. The highest BCUT2D eigenvalue weighted by Crippen LogP contribution is 2.34. The predicted molar refractivity (Wildman–Crippen MR) is 152 cm³/mol. The number of halogens is 3. The van der Waals surface area contributed by atoms with Crippen molar-refractivity contribution in [3.8, 4) is 5.00 Å². The molecule has 0 aliphatic carbocycles. The lowest BCUT2D eigenvalue weighted by Crippen LogP contribution is -2.31. The Hall–Kier alpha value is -3.24. The van der Waals surface area contributed by atoms with Crippen molar-refractivity contribution in [2.75, 3.05) is 0 Å². The number of carbonyl (C=O) groups is 3. The summed E-state index contributed by atoms with van der Waals surface area (Å²) in [6.07, 6.45) is 0.467. The molecule has 0 aliphatic rings. The van der Waals surface area contributed by atoms with Crippen LogP contribution in [0.3, 0.4) is 0 Å². The van der Waals surface area contributed by atoms with Gasteiger partial charge in [0.2, 0.25) is 0 Å². The van der Waals surface area contributed by atoms with Crippen LogP contribution in [0.5, 0.6) is 0 Å². The molecule has 0 aliphatic heterocycles. The molecule has 0 saturated heterocycles. The van der Waals surface area contributed by atoms with Crippen LogP contribution in [0.2, 0.25) is 15.1 Å². The Balaban J connectivity index is 1.79. The number of thiophene rings is 1. The zero-order valence-corrected chi connectivity index (χ0v) is 24.0. The van der Waals surface area contributed by atoms with Crippen molar-refractivity contribution >= 4 is 63.8 Å². The molecule has 12 heteroatoms. The number of nitrogens with one attached hydrogen (secondary N) is 1. The lowest BCUT2D eigenvalue weighted by molar-refractivity contribution is -0.137. The van der Waals surface area contributed by atoms with E-state index in [1.165, 1.54) is 29.5 Å². The number of aryl methyl sites for hydroxylation is 2. The molecule has 8 nitrogen and oxygen atoms in total. The van der Waals surface area contributed by atoms with Gasteiger partial charge in [0.1, 0.15) is 10.8 Å². The van der Waals surface area contributed by atoms with E-state index >= 15 is 0 Å². The second kappa shape index (κ2) is 12.3. The van der Waals surface area contributed by atoms with Crippen LogP contribution in [0.4, 0.5) is 0 Å². The standard InChI is InChI=1S/C27H23Cl3N4O4S/c1-3-16-13-18(24(37)17-6-4-5-7-19(17)28)27(39-16)34-14(2)32-33-25(34)22(10-11-23(35)36)31-26(38)15-8-9-20(29)21(30)12-15/h4-9,12-13,22H,3,10-11H2,1-2H3,(H,31,38)(H,35,36). The smallest absolute Gasteiger partial charge is 0.303 e. The van der Waals surface area contributed by atoms with Crippen molar-refractivity contribution in [2.24, 2.45) is 0 Å². The van der Waals surface area contributed by atoms with Crippen molar-refractivity contribution < 1.29 is 19.5 Å². The van der Waals surface area contributed by atoms with Gasteiger partial charge in [0.25, 0.3) is 5.91 Å². The first-order chi connectivity index (χ1) is 18.6. The molecule has 2 N–H and O–H groups in total. The number of carboxylic acid groups (broad SMARTS) is 1. The number of hydrogen-bond acceptors (Lipinski definition) is 6. The Labute approximate surface area is 243 Å². The molecule has 2 aromatic heterocycles. The van der Waals surface area contributed by atoms with Gasteiger partial charge in [0.15, 0.2) is 11.6 Å². The Morgan fingerprint density at radius 2 is 1.74 bits per heavy atom. The Morgan fingerprint density at radius 3 is 2.41 bits per heavy atom. The second-order valence-corrected chi connectivity index (χ2v) is 11.0. The second-order valence-electron chi connectivity index (χ2n) is 8.62. The highest BCUT2D eigenvalue weighted by Gasteiger charge is 2.28. The zero-order valence-electron chi connectivity index (χ0n) is 20.9. The summed E-state index contributed by atoms with van der Waals surface area (Å²) in [6, 6.07) is 12.2. The number of carboxylic acids is 1. The molecular formula is C27H23Cl3N4O4S. The molecule has 0 saturated carbocycles. The van der Waals surface area contributed by atoms with Gasteiger partial charge >= 0.3 is 5.97 Å². The van der Waals surface area contributed by atoms with Gasteiger partial charge in [-0.1, -0.05) is 53.9 Å². The van der Waals surface area contributed by atoms with Crippen LogP contribution in [0.25, 0.3) is 5.00 Å². The van der Waals surface area contributed by atoms with E-state index in [1.54, 1.807) is 35.8 Å². The highest BCUT2D eigenvalue weighted by molar-refractivity contribution is 7.15. The third kappa shape index (κ3) is 6.33. The molecule has 202 valence electrons. The molecule has 1 amide bonds. The van der Waals surface area contributed by atoms with Gasteiger partial charge in [-0.3, -0.25) is 19.0 Å². The average molecular weight is 606 g/mol. The maximum atomic E-state index is 13.6. The van der Waals surface area contributed by atoms with E-state index in [2.05, 4.69) is 15.5 Å². The number of amides is 1. The van der Waals surface area contributed by atoms with E-state index < -0.39 is 17.9 Å². The molecule has 0 fully saturated rings. The zero-order chi connectivity index (χ0) is 28.3. The Kier molecular flexibility index (Phi) is 9.07. The monoisotopic (exact) mass is 604 g/mol. The first-order valence-corrected chi connectivity index (χ1v) is 13.9. The molecular weight excluding hydrogens is 583 g/mol. The van der Waals surface area contributed by atoms with Gasteiger partial charge < -0.3 is 10.4 Å². The first kappa shape index (κ1) is 28.8. The fourth-order valence-corrected chi connectivity index (χ4v) is 5.66. The van der Waals surface area contributed by atoms with E-state index in [0.717, 1.165) is 4.88 Å². The van der Waals surface area contributed by atoms with Crippen LogP contribution in [0.1, 0.15) is 68.6 Å². The summed E-state index contributed by atoms with van der Waals surface area (Å²) in [7, 11) is 0. The summed E-state index contributed by atoms with van der Waals surface area (Å²) in [6.45, 7) is 3.70. The minimum atomic E-state index is -1.04. The molecule has 0 radical (unpaired) electrons. The summed E-state index contributed by atoms with van der Waals surface area (Å²) in [5.41, 5.74) is 0.997. The van der Waals surface area contributed by atoms with Gasteiger partial charge in [-0.25, -0.2) is 0 Å². The van der Waals surface area contributed by atoms with Crippen molar-refractivity contribution in [3.05, 3.63) is 96.8 Å². The number of ketones is 1. The van der Waals surface area contributed by atoms with Crippen LogP contribution in [0, 0.1) is 6.92 Å². The maximum absolute atomic E-state index is 13.6. The number of aromatic nitrogens is 3. The molecule has 1 unspecified atom stereocenters. The highest BCUT2D eigenvalue weighted by atomic mass is 35.5. The van der Waals surface area contributed by atoms with Gasteiger partial charge in [-0.05, 0) is 56.2 Å². The van der Waals surface area contributed by atoms with E-state index in [-0.39, 0.29) is 29.2 Å². The Morgan fingerprint density at radius 1 is 1.00 bits per heavy atom. The Bertz CT molecular complexity index is 1570. The number of hydrogen-bond donors (Lipinski definition) is 2.